The van der Waals surface area contributed by atoms with Crippen LogP contribution in [-0.2, 0) is 0 Å². The van der Waals surface area contributed by atoms with E-state index in [-0.39, 0.29) is 0 Å². The van der Waals surface area contributed by atoms with Gasteiger partial charge in [0.25, 0.3) is 0 Å². The monoisotopic (exact) mass is 246 g/mol. The van der Waals surface area contributed by atoms with Gasteiger partial charge in [-0.2, -0.15) is 0 Å². The first kappa shape index (κ1) is 13.5. The SMILES string of the molecule is CNC(c1cnccc1C)C1CCCCC1(C)C. The highest BCUT2D eigenvalue weighted by molar-refractivity contribution is 5.26. The molecule has 0 radical (unpaired) electrons. The van der Waals surface area contributed by atoms with Crippen LogP contribution in [0, 0.1) is 18.3 Å². The van der Waals surface area contributed by atoms with Crippen molar-refractivity contribution in [3.63, 3.8) is 0 Å². The standard InChI is InChI=1S/C16H26N2/c1-12-8-10-18-11-13(12)15(17-4)14-7-5-6-9-16(14,2)3/h8,10-11,14-15,17H,5-7,9H2,1-4H3. The van der Waals surface area contributed by atoms with Crippen molar-refractivity contribution in [2.45, 2.75) is 52.5 Å². The summed E-state index contributed by atoms with van der Waals surface area (Å²) < 4.78 is 0. The van der Waals surface area contributed by atoms with Crippen LogP contribution in [0.1, 0.15) is 56.7 Å². The first-order chi connectivity index (χ1) is 8.56. The molecule has 0 saturated heterocycles. The Morgan fingerprint density at radius 1 is 1.39 bits per heavy atom. The molecule has 2 atom stereocenters. The van der Waals surface area contributed by atoms with Gasteiger partial charge in [-0.3, -0.25) is 4.98 Å². The predicted molar refractivity (Wildman–Crippen MR) is 76.5 cm³/mol. The molecule has 2 unspecified atom stereocenters. The second kappa shape index (κ2) is 5.40. The lowest BCUT2D eigenvalue weighted by molar-refractivity contribution is 0.101. The number of aryl methyl sites for hydroxylation is 1. The Bertz CT molecular complexity index is 398. The Morgan fingerprint density at radius 2 is 2.17 bits per heavy atom. The van der Waals surface area contributed by atoms with Crippen molar-refractivity contribution >= 4 is 0 Å². The summed E-state index contributed by atoms with van der Waals surface area (Å²) in [5.74, 6) is 0.708. The Morgan fingerprint density at radius 3 is 2.78 bits per heavy atom. The average molecular weight is 246 g/mol. The van der Waals surface area contributed by atoms with Crippen LogP contribution >= 0.6 is 0 Å². The van der Waals surface area contributed by atoms with Crippen LogP contribution in [0.4, 0.5) is 0 Å². The van der Waals surface area contributed by atoms with Gasteiger partial charge in [-0.05, 0) is 55.3 Å². The Balaban J connectivity index is 2.31. The lowest BCUT2D eigenvalue weighted by atomic mass is 9.64. The minimum atomic E-state index is 0.425. The van der Waals surface area contributed by atoms with Gasteiger partial charge >= 0.3 is 0 Å². The van der Waals surface area contributed by atoms with Crippen LogP contribution in [-0.4, -0.2) is 12.0 Å². The molecule has 1 heterocycles. The van der Waals surface area contributed by atoms with E-state index in [0.29, 0.717) is 17.4 Å². The van der Waals surface area contributed by atoms with E-state index in [1.165, 1.54) is 36.8 Å². The van der Waals surface area contributed by atoms with E-state index in [1.54, 1.807) is 0 Å². The summed E-state index contributed by atoms with van der Waals surface area (Å²) in [5.41, 5.74) is 3.15. The molecule has 18 heavy (non-hydrogen) atoms. The molecular formula is C16H26N2. The Hall–Kier alpha value is -0.890. The van der Waals surface area contributed by atoms with Crippen LogP contribution in [0.15, 0.2) is 18.5 Å². The zero-order chi connectivity index (χ0) is 13.2. The van der Waals surface area contributed by atoms with Crippen LogP contribution in [0.2, 0.25) is 0 Å². The van der Waals surface area contributed by atoms with E-state index in [0.717, 1.165) is 0 Å². The summed E-state index contributed by atoms with van der Waals surface area (Å²) in [6.45, 7) is 7.04. The highest BCUT2D eigenvalue weighted by Crippen LogP contribution is 2.46. The van der Waals surface area contributed by atoms with Gasteiger partial charge in [0.1, 0.15) is 0 Å². The summed E-state index contributed by atoms with van der Waals surface area (Å²) in [6.07, 6.45) is 9.35. The fraction of sp³-hybridized carbons (Fsp3) is 0.688. The van der Waals surface area contributed by atoms with E-state index >= 15 is 0 Å². The summed E-state index contributed by atoms with van der Waals surface area (Å²) in [7, 11) is 2.09. The van der Waals surface area contributed by atoms with Gasteiger partial charge in [0.15, 0.2) is 0 Å². The van der Waals surface area contributed by atoms with E-state index in [9.17, 15) is 0 Å². The van der Waals surface area contributed by atoms with Crippen LogP contribution in [0.25, 0.3) is 0 Å². The smallest absolute Gasteiger partial charge is 0.0369 e. The zero-order valence-corrected chi connectivity index (χ0v) is 12.2. The van der Waals surface area contributed by atoms with Crippen molar-refractivity contribution in [3.8, 4) is 0 Å². The van der Waals surface area contributed by atoms with Gasteiger partial charge in [0.05, 0.1) is 0 Å². The number of hydrogen-bond donors (Lipinski definition) is 1. The summed E-state index contributed by atoms with van der Waals surface area (Å²) >= 11 is 0. The topological polar surface area (TPSA) is 24.9 Å². The first-order valence-corrected chi connectivity index (χ1v) is 7.14. The molecule has 0 bridgehead atoms. The second-order valence-electron chi connectivity index (χ2n) is 6.34. The maximum atomic E-state index is 4.32. The first-order valence-electron chi connectivity index (χ1n) is 7.14. The molecular weight excluding hydrogens is 220 g/mol. The summed E-state index contributed by atoms with van der Waals surface area (Å²) in [5, 5.41) is 3.54. The highest BCUT2D eigenvalue weighted by Gasteiger charge is 2.37. The van der Waals surface area contributed by atoms with Crippen molar-refractivity contribution < 1.29 is 0 Å². The van der Waals surface area contributed by atoms with Crippen molar-refractivity contribution in [1.29, 1.82) is 0 Å². The molecule has 0 spiro atoms. The molecule has 1 N–H and O–H groups in total. The van der Waals surface area contributed by atoms with Crippen molar-refractivity contribution in [3.05, 3.63) is 29.6 Å². The third-order valence-electron chi connectivity index (χ3n) is 4.72. The number of nitrogens with one attached hydrogen (secondary N) is 1. The van der Waals surface area contributed by atoms with Gasteiger partial charge in [-0.1, -0.05) is 26.7 Å². The summed E-state index contributed by atoms with van der Waals surface area (Å²) in [6, 6.07) is 2.56. The fourth-order valence-corrected chi connectivity index (χ4v) is 3.51. The average Bonchev–Trinajstić information content (AvgIpc) is 2.34. The molecule has 1 aromatic heterocycles. The maximum absolute atomic E-state index is 4.32. The molecule has 1 aliphatic rings. The largest absolute Gasteiger partial charge is 0.313 e. The highest BCUT2D eigenvalue weighted by atomic mass is 14.9. The van der Waals surface area contributed by atoms with E-state index < -0.39 is 0 Å². The van der Waals surface area contributed by atoms with Gasteiger partial charge in [0.2, 0.25) is 0 Å². The fourth-order valence-electron chi connectivity index (χ4n) is 3.51. The Labute approximate surface area is 111 Å². The third-order valence-corrected chi connectivity index (χ3v) is 4.72. The number of nitrogens with zero attached hydrogens (tertiary/aromatic N) is 1. The third kappa shape index (κ3) is 2.59. The van der Waals surface area contributed by atoms with Gasteiger partial charge in [-0.15, -0.1) is 0 Å². The predicted octanol–water partition coefficient (Wildman–Crippen LogP) is 3.87. The van der Waals surface area contributed by atoms with Gasteiger partial charge in [0, 0.05) is 18.4 Å². The van der Waals surface area contributed by atoms with Crippen molar-refractivity contribution in [2.75, 3.05) is 7.05 Å². The molecule has 1 aliphatic carbocycles. The van der Waals surface area contributed by atoms with Gasteiger partial charge in [-0.25, -0.2) is 0 Å². The molecule has 0 aromatic carbocycles. The molecule has 2 heteroatoms. The lowest BCUT2D eigenvalue weighted by Crippen LogP contribution is -2.38. The van der Waals surface area contributed by atoms with Crippen molar-refractivity contribution in [1.82, 2.24) is 10.3 Å². The molecule has 0 amide bonds. The molecule has 1 fully saturated rings. The quantitative estimate of drug-likeness (QED) is 0.876. The number of rotatable bonds is 3. The van der Waals surface area contributed by atoms with Crippen LogP contribution < -0.4 is 5.32 Å². The number of hydrogen-bond acceptors (Lipinski definition) is 2. The van der Waals surface area contributed by atoms with Crippen LogP contribution in [0.5, 0.6) is 0 Å². The van der Waals surface area contributed by atoms with E-state index in [4.69, 9.17) is 0 Å². The Kier molecular flexibility index (Phi) is 4.06. The molecule has 100 valence electrons. The molecule has 1 saturated carbocycles. The van der Waals surface area contributed by atoms with Crippen molar-refractivity contribution in [2.24, 2.45) is 11.3 Å². The number of pyridine rings is 1. The molecule has 0 aliphatic heterocycles. The normalized spacial score (nSPS) is 24.8. The molecule has 2 rings (SSSR count). The van der Waals surface area contributed by atoms with Gasteiger partial charge < -0.3 is 5.32 Å². The minimum absolute atomic E-state index is 0.425. The second-order valence-corrected chi connectivity index (χ2v) is 6.34. The number of aromatic nitrogens is 1. The van der Waals surface area contributed by atoms with E-state index in [1.807, 2.05) is 12.4 Å². The minimum Gasteiger partial charge on any atom is -0.313 e. The molecule has 2 nitrogen and oxygen atoms in total. The lowest BCUT2D eigenvalue weighted by Gasteiger charge is -2.43. The molecule has 1 aromatic rings. The zero-order valence-electron chi connectivity index (χ0n) is 12.2. The van der Waals surface area contributed by atoms with Crippen LogP contribution in [0.3, 0.4) is 0 Å². The maximum Gasteiger partial charge on any atom is 0.0369 e. The van der Waals surface area contributed by atoms with E-state index in [2.05, 4.69) is 44.2 Å². The summed E-state index contributed by atoms with van der Waals surface area (Å²) in [4.78, 5) is 4.32.